The molecule has 0 saturated heterocycles. The molecule has 0 spiro atoms. The van der Waals surface area contributed by atoms with E-state index in [1.165, 1.54) is 205 Å². The Kier molecular flexibility index (Phi) is 66.2. The number of phosphoric acid groups is 2. The van der Waals surface area contributed by atoms with Gasteiger partial charge in [0.05, 0.1) is 26.4 Å². The molecule has 0 amide bonds. The molecule has 19 heteroatoms. The average Bonchev–Trinajstić information content (AvgIpc) is 1.19. The van der Waals surface area contributed by atoms with E-state index < -0.39 is 97.5 Å². The van der Waals surface area contributed by atoms with Crippen LogP contribution in [0.2, 0.25) is 0 Å². The number of ether oxygens (including phenoxy) is 4. The summed E-state index contributed by atoms with van der Waals surface area (Å²) >= 11 is 0. The average molecular weight is 1410 g/mol. The summed E-state index contributed by atoms with van der Waals surface area (Å²) < 4.78 is 68.6. The minimum Gasteiger partial charge on any atom is -0.462 e. The molecule has 0 bridgehead atoms. The number of aliphatic hydroxyl groups excluding tert-OH is 1. The van der Waals surface area contributed by atoms with Crippen molar-refractivity contribution >= 4 is 39.5 Å². The van der Waals surface area contributed by atoms with E-state index in [0.29, 0.717) is 25.7 Å². The van der Waals surface area contributed by atoms with Gasteiger partial charge in [-0.25, -0.2) is 9.13 Å². The van der Waals surface area contributed by atoms with Crippen LogP contribution in [0.5, 0.6) is 0 Å². The van der Waals surface area contributed by atoms with Gasteiger partial charge in [-0.1, -0.05) is 344 Å². The largest absolute Gasteiger partial charge is 0.472 e. The van der Waals surface area contributed by atoms with Crippen LogP contribution < -0.4 is 0 Å². The first-order valence-electron chi connectivity index (χ1n) is 40.0. The zero-order chi connectivity index (χ0) is 70.9. The standard InChI is InChI=1S/C77H150O17P2/c1-8-12-13-14-15-16-17-18-19-20-21-22-23-24-29-39-46-53-60-76(81)93-72(64-87-74(79)58-51-44-37-28-26-25-27-34-41-48-55-68(5)9-2)66-91-95(83,84)89-62-71(78)63-90-96(85,86)92-67-73(94-77(82)61-54-47-40-33-31-36-43-50-57-70(7)11-4)65-88-75(80)59-52-45-38-32-30-35-42-49-56-69(6)10-3/h68-73,78H,8-67H2,1-7H3,(H,83,84)(H,85,86)/t68?,69?,70?,71-,72-,73-/m1/s1. The third kappa shape index (κ3) is 66.6. The zero-order valence-electron chi connectivity index (χ0n) is 62.8. The first-order valence-corrected chi connectivity index (χ1v) is 43.0. The Labute approximate surface area is 588 Å². The summed E-state index contributed by atoms with van der Waals surface area (Å²) in [5.41, 5.74) is 0. The number of rotatable bonds is 75. The number of unbranched alkanes of at least 4 members (excludes halogenated alkanes) is 40. The maximum atomic E-state index is 13.1. The summed E-state index contributed by atoms with van der Waals surface area (Å²) in [6.07, 6.45) is 53.9. The molecule has 0 rings (SSSR count). The maximum Gasteiger partial charge on any atom is 0.472 e. The van der Waals surface area contributed by atoms with E-state index in [1.54, 1.807) is 0 Å². The van der Waals surface area contributed by atoms with E-state index >= 15 is 0 Å². The first kappa shape index (κ1) is 94.1. The maximum absolute atomic E-state index is 13.1. The fourth-order valence-electron chi connectivity index (χ4n) is 11.7. The molecule has 0 aliphatic carbocycles. The Morgan fingerprint density at radius 1 is 0.292 bits per heavy atom. The van der Waals surface area contributed by atoms with E-state index in [9.17, 15) is 43.2 Å². The van der Waals surface area contributed by atoms with Crippen molar-refractivity contribution in [3.8, 4) is 0 Å². The number of hydrogen-bond donors (Lipinski definition) is 3. The van der Waals surface area contributed by atoms with Crippen LogP contribution in [-0.4, -0.2) is 96.7 Å². The number of esters is 4. The monoisotopic (exact) mass is 1410 g/mol. The lowest BCUT2D eigenvalue weighted by Gasteiger charge is -2.21. The Bertz CT molecular complexity index is 1880. The third-order valence-corrected chi connectivity index (χ3v) is 20.9. The van der Waals surface area contributed by atoms with Crippen molar-refractivity contribution in [1.82, 2.24) is 0 Å². The summed E-state index contributed by atoms with van der Waals surface area (Å²) in [6.45, 7) is 11.9. The van der Waals surface area contributed by atoms with E-state index in [0.717, 1.165) is 108 Å². The van der Waals surface area contributed by atoms with Crippen LogP contribution in [0.1, 0.15) is 395 Å². The number of phosphoric ester groups is 2. The first-order chi connectivity index (χ1) is 46.3. The summed E-state index contributed by atoms with van der Waals surface area (Å²) in [7, 11) is -9.92. The second-order valence-corrected chi connectivity index (χ2v) is 31.4. The molecular weight excluding hydrogens is 1260 g/mol. The number of carbonyl (C=O) groups excluding carboxylic acids is 4. The van der Waals surface area contributed by atoms with Gasteiger partial charge < -0.3 is 33.8 Å². The second-order valence-electron chi connectivity index (χ2n) is 28.5. The van der Waals surface area contributed by atoms with Crippen LogP contribution in [0.15, 0.2) is 0 Å². The summed E-state index contributed by atoms with van der Waals surface area (Å²) in [5.74, 6) is 0.239. The second kappa shape index (κ2) is 67.5. The highest BCUT2D eigenvalue weighted by atomic mass is 31.2. The number of aliphatic hydroxyl groups is 1. The Morgan fingerprint density at radius 2 is 0.500 bits per heavy atom. The van der Waals surface area contributed by atoms with Gasteiger partial charge in [-0.05, 0) is 43.4 Å². The van der Waals surface area contributed by atoms with E-state index in [2.05, 4.69) is 48.5 Å². The Balaban J connectivity index is 5.27. The van der Waals surface area contributed by atoms with Gasteiger partial charge >= 0.3 is 39.5 Å². The molecule has 570 valence electrons. The zero-order valence-corrected chi connectivity index (χ0v) is 64.6. The SMILES string of the molecule is CCCCCCCCCCCCCCCCCCCCC(=O)O[C@H](COC(=O)CCCCCCCCCCCCC(C)CC)COP(=O)(O)OC[C@@H](O)COP(=O)(O)OC[C@@H](COC(=O)CCCCCCCCCCC(C)CC)OC(=O)CCCCCCCCCCC(C)CC. The minimum atomic E-state index is -4.96. The fraction of sp³-hybridized carbons (Fsp3) is 0.948. The molecule has 3 N–H and O–H groups in total. The van der Waals surface area contributed by atoms with Crippen LogP contribution in [0.4, 0.5) is 0 Å². The van der Waals surface area contributed by atoms with Gasteiger partial charge in [0.1, 0.15) is 19.3 Å². The van der Waals surface area contributed by atoms with Gasteiger partial charge in [0, 0.05) is 25.7 Å². The highest BCUT2D eigenvalue weighted by Crippen LogP contribution is 2.45. The quantitative estimate of drug-likeness (QED) is 0.0222. The topological polar surface area (TPSA) is 237 Å². The van der Waals surface area contributed by atoms with Crippen molar-refractivity contribution in [3.63, 3.8) is 0 Å². The van der Waals surface area contributed by atoms with Gasteiger partial charge in [-0.15, -0.1) is 0 Å². The molecule has 0 fully saturated rings. The van der Waals surface area contributed by atoms with Gasteiger partial charge in [0.2, 0.25) is 0 Å². The molecule has 0 aliphatic rings. The molecule has 0 aliphatic heterocycles. The van der Waals surface area contributed by atoms with Gasteiger partial charge in [0.15, 0.2) is 12.2 Å². The lowest BCUT2D eigenvalue weighted by Crippen LogP contribution is -2.30. The molecule has 0 heterocycles. The molecule has 0 aromatic carbocycles. The van der Waals surface area contributed by atoms with Crippen molar-refractivity contribution in [3.05, 3.63) is 0 Å². The molecule has 5 unspecified atom stereocenters. The van der Waals surface area contributed by atoms with Crippen molar-refractivity contribution in [1.29, 1.82) is 0 Å². The van der Waals surface area contributed by atoms with E-state index in [-0.39, 0.29) is 25.7 Å². The van der Waals surface area contributed by atoms with Gasteiger partial charge in [0.25, 0.3) is 0 Å². The normalized spacial score (nSPS) is 14.9. The molecule has 17 nitrogen and oxygen atoms in total. The minimum absolute atomic E-state index is 0.104. The molecule has 0 aromatic heterocycles. The number of carbonyl (C=O) groups is 4. The smallest absolute Gasteiger partial charge is 0.462 e. The molecule has 0 aromatic rings. The third-order valence-electron chi connectivity index (χ3n) is 19.0. The molecule has 8 atom stereocenters. The van der Waals surface area contributed by atoms with Crippen LogP contribution in [-0.2, 0) is 65.4 Å². The summed E-state index contributed by atoms with van der Waals surface area (Å²) in [4.78, 5) is 72.9. The van der Waals surface area contributed by atoms with Crippen LogP contribution in [0.25, 0.3) is 0 Å². The molecule has 0 radical (unpaired) electrons. The van der Waals surface area contributed by atoms with Crippen LogP contribution in [0.3, 0.4) is 0 Å². The molecule has 96 heavy (non-hydrogen) atoms. The predicted octanol–water partition coefficient (Wildman–Crippen LogP) is 22.6. The van der Waals surface area contributed by atoms with Crippen molar-refractivity contribution < 1.29 is 80.2 Å². The summed E-state index contributed by atoms with van der Waals surface area (Å²) in [6, 6.07) is 0. The lowest BCUT2D eigenvalue weighted by molar-refractivity contribution is -0.161. The van der Waals surface area contributed by atoms with Gasteiger partial charge in [-0.2, -0.15) is 0 Å². The molecule has 0 saturated carbocycles. The van der Waals surface area contributed by atoms with Crippen LogP contribution in [0, 0.1) is 17.8 Å². The highest BCUT2D eigenvalue weighted by Gasteiger charge is 2.30. The van der Waals surface area contributed by atoms with Crippen molar-refractivity contribution in [2.75, 3.05) is 39.6 Å². The van der Waals surface area contributed by atoms with Crippen molar-refractivity contribution in [2.24, 2.45) is 17.8 Å². The van der Waals surface area contributed by atoms with E-state index in [4.69, 9.17) is 37.0 Å². The Hall–Kier alpha value is -1.94. The molecular formula is C77H150O17P2. The number of hydrogen-bond acceptors (Lipinski definition) is 15. The van der Waals surface area contributed by atoms with Gasteiger partial charge in [-0.3, -0.25) is 37.3 Å². The lowest BCUT2D eigenvalue weighted by atomic mass is 9.99. The van der Waals surface area contributed by atoms with Crippen molar-refractivity contribution in [2.45, 2.75) is 414 Å². The Morgan fingerprint density at radius 3 is 0.740 bits per heavy atom. The fourth-order valence-corrected chi connectivity index (χ4v) is 13.3. The van der Waals surface area contributed by atoms with E-state index in [1.807, 2.05) is 0 Å². The highest BCUT2D eigenvalue weighted by molar-refractivity contribution is 7.47. The predicted molar refractivity (Wildman–Crippen MR) is 391 cm³/mol. The summed E-state index contributed by atoms with van der Waals surface area (Å²) in [5, 5.41) is 10.6. The van der Waals surface area contributed by atoms with Crippen LogP contribution >= 0.6 is 15.6 Å².